The molecule has 1 aliphatic carbocycles. The number of rotatable bonds is 5. The Kier molecular flexibility index (Phi) is 4.33. The lowest BCUT2D eigenvalue weighted by Crippen LogP contribution is -2.27. The smallest absolute Gasteiger partial charge is 0.198 e. The van der Waals surface area contributed by atoms with Gasteiger partial charge in [-0.2, -0.15) is 0 Å². The van der Waals surface area contributed by atoms with Crippen LogP contribution in [0.1, 0.15) is 31.8 Å². The van der Waals surface area contributed by atoms with E-state index < -0.39 is 0 Å². The van der Waals surface area contributed by atoms with Gasteiger partial charge in [-0.3, -0.25) is 14.5 Å². The molecule has 0 saturated heterocycles. The van der Waals surface area contributed by atoms with Gasteiger partial charge in [0.05, 0.1) is 17.9 Å². The summed E-state index contributed by atoms with van der Waals surface area (Å²) in [6.07, 6.45) is 0. The van der Waals surface area contributed by atoms with E-state index in [1.807, 2.05) is 0 Å². The molecule has 6 heteroatoms. The van der Waals surface area contributed by atoms with Crippen molar-refractivity contribution in [1.82, 2.24) is 4.90 Å². The van der Waals surface area contributed by atoms with E-state index in [9.17, 15) is 14.7 Å². The standard InChI is InChI=1S/C18H18N2O4/c1-20(10-21)9-8-19-13-6-7-14(22)16-15(13)17(23)11-4-2-3-5-12(11)18(16)24/h2-7,19,21-22H,8-10H2,1H3. The number of phenols is 1. The quantitative estimate of drug-likeness (QED) is 0.486. The Balaban J connectivity index is 2.01. The fourth-order valence-electron chi connectivity index (χ4n) is 2.81. The first-order chi connectivity index (χ1) is 11.5. The van der Waals surface area contributed by atoms with E-state index in [2.05, 4.69) is 5.32 Å². The van der Waals surface area contributed by atoms with Crippen molar-refractivity contribution in [2.24, 2.45) is 0 Å². The lowest BCUT2D eigenvalue weighted by Gasteiger charge is -2.22. The van der Waals surface area contributed by atoms with Crippen LogP contribution in [0.25, 0.3) is 0 Å². The number of hydrogen-bond donors (Lipinski definition) is 3. The van der Waals surface area contributed by atoms with Gasteiger partial charge in [-0.15, -0.1) is 0 Å². The molecule has 3 rings (SSSR count). The van der Waals surface area contributed by atoms with Gasteiger partial charge >= 0.3 is 0 Å². The Morgan fingerprint density at radius 1 is 1.00 bits per heavy atom. The molecule has 0 unspecified atom stereocenters. The van der Waals surface area contributed by atoms with Gasteiger partial charge in [0.2, 0.25) is 0 Å². The minimum absolute atomic E-state index is 0.0409. The van der Waals surface area contributed by atoms with Crippen LogP contribution < -0.4 is 5.32 Å². The highest BCUT2D eigenvalue weighted by Gasteiger charge is 2.33. The molecule has 0 bridgehead atoms. The number of aliphatic hydroxyl groups is 1. The maximum Gasteiger partial charge on any atom is 0.198 e. The zero-order chi connectivity index (χ0) is 17.3. The van der Waals surface area contributed by atoms with E-state index in [4.69, 9.17) is 5.11 Å². The van der Waals surface area contributed by atoms with Crippen molar-refractivity contribution in [3.05, 3.63) is 58.7 Å². The Bertz CT molecular complexity index is 817. The predicted molar refractivity (Wildman–Crippen MR) is 89.6 cm³/mol. The fraction of sp³-hybridized carbons (Fsp3) is 0.222. The predicted octanol–water partition coefficient (Wildman–Crippen LogP) is 1.46. The van der Waals surface area contributed by atoms with E-state index in [0.717, 1.165) is 0 Å². The SMILES string of the molecule is CN(CO)CCNc1ccc(O)c2c1C(=O)c1ccccc1C2=O. The largest absolute Gasteiger partial charge is 0.507 e. The summed E-state index contributed by atoms with van der Waals surface area (Å²) >= 11 is 0. The molecule has 0 heterocycles. The third-order valence-corrected chi connectivity index (χ3v) is 4.10. The molecule has 1 aliphatic rings. The second-order valence-corrected chi connectivity index (χ2v) is 5.73. The molecule has 24 heavy (non-hydrogen) atoms. The number of carbonyl (C=O) groups excluding carboxylic acids is 2. The summed E-state index contributed by atoms with van der Waals surface area (Å²) in [5.74, 6) is -0.834. The van der Waals surface area contributed by atoms with E-state index in [0.29, 0.717) is 29.9 Å². The zero-order valence-corrected chi connectivity index (χ0v) is 13.2. The van der Waals surface area contributed by atoms with Crippen LogP contribution in [0.2, 0.25) is 0 Å². The number of nitrogens with zero attached hydrogens (tertiary/aromatic N) is 1. The Hall–Kier alpha value is -2.70. The molecule has 6 nitrogen and oxygen atoms in total. The van der Waals surface area contributed by atoms with Crippen molar-refractivity contribution in [2.45, 2.75) is 0 Å². The number of anilines is 1. The second-order valence-electron chi connectivity index (χ2n) is 5.73. The second kappa shape index (κ2) is 6.43. The highest BCUT2D eigenvalue weighted by molar-refractivity contribution is 6.31. The van der Waals surface area contributed by atoms with E-state index >= 15 is 0 Å². The van der Waals surface area contributed by atoms with Crippen LogP contribution >= 0.6 is 0 Å². The van der Waals surface area contributed by atoms with E-state index in [1.54, 1.807) is 42.3 Å². The monoisotopic (exact) mass is 326 g/mol. The number of aromatic hydroxyl groups is 1. The lowest BCUT2D eigenvalue weighted by molar-refractivity contribution is 0.0977. The number of ketones is 2. The third-order valence-electron chi connectivity index (χ3n) is 4.10. The first-order valence-electron chi connectivity index (χ1n) is 7.62. The summed E-state index contributed by atoms with van der Waals surface area (Å²) in [5, 5.41) is 22.2. The van der Waals surface area contributed by atoms with E-state index in [1.165, 1.54) is 6.07 Å². The van der Waals surface area contributed by atoms with Crippen molar-refractivity contribution in [2.75, 3.05) is 32.2 Å². The topological polar surface area (TPSA) is 89.9 Å². The zero-order valence-electron chi connectivity index (χ0n) is 13.2. The molecule has 0 spiro atoms. The molecule has 0 atom stereocenters. The molecule has 2 aromatic carbocycles. The number of aliphatic hydroxyl groups excluding tert-OH is 1. The third kappa shape index (κ3) is 2.66. The molecule has 3 N–H and O–H groups in total. The average molecular weight is 326 g/mol. The summed E-state index contributed by atoms with van der Waals surface area (Å²) in [6.45, 7) is 0.975. The van der Waals surface area contributed by atoms with Crippen LogP contribution in [0.15, 0.2) is 36.4 Å². The fourth-order valence-corrected chi connectivity index (χ4v) is 2.81. The molecule has 0 amide bonds. The molecule has 0 aliphatic heterocycles. The van der Waals surface area contributed by atoms with Crippen LogP contribution in [-0.4, -0.2) is 53.5 Å². The van der Waals surface area contributed by atoms with Crippen molar-refractivity contribution in [1.29, 1.82) is 0 Å². The highest BCUT2D eigenvalue weighted by Crippen LogP contribution is 2.36. The summed E-state index contributed by atoms with van der Waals surface area (Å²) in [5.41, 5.74) is 1.39. The number of likely N-dealkylation sites (N-methyl/N-ethyl adjacent to an activating group) is 1. The minimum atomic E-state index is -0.353. The Labute approximate surface area is 139 Å². The van der Waals surface area contributed by atoms with Crippen molar-refractivity contribution < 1.29 is 19.8 Å². The Morgan fingerprint density at radius 2 is 1.62 bits per heavy atom. The number of phenolic OH excluding ortho intramolecular Hbond substituents is 1. The van der Waals surface area contributed by atoms with Crippen LogP contribution in [0.4, 0.5) is 5.69 Å². The first-order valence-corrected chi connectivity index (χ1v) is 7.62. The minimum Gasteiger partial charge on any atom is -0.507 e. The van der Waals surface area contributed by atoms with Crippen LogP contribution in [0.5, 0.6) is 5.75 Å². The van der Waals surface area contributed by atoms with Gasteiger partial charge in [0.25, 0.3) is 0 Å². The average Bonchev–Trinajstić information content (AvgIpc) is 2.60. The van der Waals surface area contributed by atoms with Gasteiger partial charge < -0.3 is 15.5 Å². The number of nitrogens with one attached hydrogen (secondary N) is 1. The molecule has 0 aromatic heterocycles. The summed E-state index contributed by atoms with van der Waals surface area (Å²) in [6, 6.07) is 9.61. The number of carbonyl (C=O) groups is 2. The van der Waals surface area contributed by atoms with Gasteiger partial charge in [0.1, 0.15) is 5.75 Å². The van der Waals surface area contributed by atoms with Gasteiger partial charge in [-0.05, 0) is 19.2 Å². The van der Waals surface area contributed by atoms with E-state index in [-0.39, 0.29) is 35.2 Å². The number of hydrogen-bond acceptors (Lipinski definition) is 6. The molecule has 0 fully saturated rings. The van der Waals surface area contributed by atoms with Gasteiger partial charge in [0.15, 0.2) is 11.6 Å². The molecular weight excluding hydrogens is 308 g/mol. The summed E-state index contributed by atoms with van der Waals surface area (Å²) in [4.78, 5) is 27.2. The van der Waals surface area contributed by atoms with Crippen molar-refractivity contribution in [3.8, 4) is 5.75 Å². The molecule has 124 valence electrons. The summed E-state index contributed by atoms with van der Waals surface area (Å²) < 4.78 is 0. The highest BCUT2D eigenvalue weighted by atomic mass is 16.3. The molecule has 0 saturated carbocycles. The van der Waals surface area contributed by atoms with Gasteiger partial charge in [-0.25, -0.2) is 0 Å². The van der Waals surface area contributed by atoms with Crippen LogP contribution in [0.3, 0.4) is 0 Å². The van der Waals surface area contributed by atoms with Gasteiger partial charge in [-0.1, -0.05) is 24.3 Å². The van der Waals surface area contributed by atoms with Crippen molar-refractivity contribution >= 4 is 17.3 Å². The molecule has 2 aromatic rings. The normalized spacial score (nSPS) is 13.0. The van der Waals surface area contributed by atoms with Crippen LogP contribution in [-0.2, 0) is 0 Å². The summed E-state index contributed by atoms with van der Waals surface area (Å²) in [7, 11) is 1.76. The van der Waals surface area contributed by atoms with Crippen LogP contribution in [0, 0.1) is 0 Å². The Morgan fingerprint density at radius 3 is 2.25 bits per heavy atom. The van der Waals surface area contributed by atoms with Crippen molar-refractivity contribution in [3.63, 3.8) is 0 Å². The molecular formula is C18H18N2O4. The molecule has 0 radical (unpaired) electrons. The number of benzene rings is 2. The first kappa shape index (κ1) is 16.2. The van der Waals surface area contributed by atoms with Gasteiger partial charge in [0, 0.05) is 29.9 Å². The maximum atomic E-state index is 12.8. The maximum absolute atomic E-state index is 12.8. The number of fused-ring (bicyclic) bond motifs is 2. The lowest BCUT2D eigenvalue weighted by atomic mass is 9.82.